The molecule has 7 nitrogen and oxygen atoms in total. The van der Waals surface area contributed by atoms with Crippen LogP contribution in [0.3, 0.4) is 0 Å². The topological polar surface area (TPSA) is 102 Å². The van der Waals surface area contributed by atoms with Crippen molar-refractivity contribution in [1.29, 1.82) is 15.8 Å². The number of thiophene rings is 1. The predicted molar refractivity (Wildman–Crippen MR) is 190 cm³/mol. The van der Waals surface area contributed by atoms with E-state index in [9.17, 15) is 15.8 Å². The Morgan fingerprint density at radius 1 is 0.851 bits per heavy atom. The average Bonchev–Trinajstić information content (AvgIpc) is 3.68. The van der Waals surface area contributed by atoms with Gasteiger partial charge < -0.3 is 19.1 Å². The lowest BCUT2D eigenvalue weighted by Crippen LogP contribution is -2.25. The zero-order valence-electron chi connectivity index (χ0n) is 27.7. The molecule has 0 spiro atoms. The van der Waals surface area contributed by atoms with Gasteiger partial charge in [0.2, 0.25) is 0 Å². The van der Waals surface area contributed by atoms with Crippen LogP contribution in [0.2, 0.25) is 0 Å². The van der Waals surface area contributed by atoms with Gasteiger partial charge >= 0.3 is 0 Å². The Balaban J connectivity index is 1.66. The maximum Gasteiger partial charge on any atom is 0.172 e. The number of ether oxygens (including phenoxy) is 3. The number of nitrogens with zero attached hydrogens (tertiary/aromatic N) is 4. The summed E-state index contributed by atoms with van der Waals surface area (Å²) >= 11 is 1.58. The lowest BCUT2D eigenvalue weighted by atomic mass is 9.86. The summed E-state index contributed by atoms with van der Waals surface area (Å²) in [6.07, 6.45) is 12.3. The van der Waals surface area contributed by atoms with Gasteiger partial charge in [-0.1, -0.05) is 63.1 Å². The first-order valence-corrected chi connectivity index (χ1v) is 16.6. The highest BCUT2D eigenvalue weighted by molar-refractivity contribution is 7.13. The van der Waals surface area contributed by atoms with Crippen LogP contribution in [0.15, 0.2) is 83.2 Å². The molecule has 1 aliphatic rings. The van der Waals surface area contributed by atoms with Gasteiger partial charge in [-0.15, -0.1) is 11.3 Å². The first kappa shape index (κ1) is 34.6. The highest BCUT2D eigenvalue weighted by Gasteiger charge is 2.43. The highest BCUT2D eigenvalue weighted by atomic mass is 32.1. The van der Waals surface area contributed by atoms with Gasteiger partial charge in [-0.3, -0.25) is 0 Å². The first-order valence-electron chi connectivity index (χ1n) is 15.8. The van der Waals surface area contributed by atoms with Gasteiger partial charge in [0, 0.05) is 46.2 Å². The fraction of sp³-hybridized carbons (Fsp3) is 0.308. The van der Waals surface area contributed by atoms with Gasteiger partial charge in [0.15, 0.2) is 16.9 Å². The Kier molecular flexibility index (Phi) is 12.1. The summed E-state index contributed by atoms with van der Waals surface area (Å²) in [5.74, 6) is 1.51. The summed E-state index contributed by atoms with van der Waals surface area (Å²) in [6.45, 7) is 8.24. The Hall–Kier alpha value is -5.23. The quantitative estimate of drug-likeness (QED) is 0.161. The van der Waals surface area contributed by atoms with E-state index >= 15 is 0 Å². The molecule has 1 aromatic heterocycles. The summed E-state index contributed by atoms with van der Waals surface area (Å²) in [6, 6.07) is 23.6. The van der Waals surface area contributed by atoms with Crippen molar-refractivity contribution in [3.8, 4) is 29.7 Å². The van der Waals surface area contributed by atoms with E-state index in [4.69, 9.17) is 14.2 Å². The molecule has 0 fully saturated rings. The van der Waals surface area contributed by atoms with Gasteiger partial charge in [-0.2, -0.15) is 15.8 Å². The van der Waals surface area contributed by atoms with Gasteiger partial charge in [-0.25, -0.2) is 0 Å². The van der Waals surface area contributed by atoms with Gasteiger partial charge in [-0.05, 0) is 55.7 Å². The predicted octanol–water partition coefficient (Wildman–Crippen LogP) is 9.42. The molecule has 1 aliphatic heterocycles. The standard InChI is InChI=1S/C39H40N4O3S/c1-6-8-21-43(22-9-7-2)30-23-36(44-4)33(37(24-30)45-5)19-17-31-15-16-32(47-31)18-20-35-34(27-42)38(28(25-40)26-41)46-39(35,3)29-13-11-10-12-14-29/h10-20,23-24H,6-9,21-22H2,1-5H3/b19-17+,20-18+. The van der Waals surface area contributed by atoms with E-state index in [1.54, 1.807) is 25.6 Å². The smallest absolute Gasteiger partial charge is 0.172 e. The van der Waals surface area contributed by atoms with Crippen molar-refractivity contribution in [2.24, 2.45) is 0 Å². The summed E-state index contributed by atoms with van der Waals surface area (Å²) in [4.78, 5) is 4.39. The third kappa shape index (κ3) is 7.78. The Labute approximate surface area is 282 Å². The van der Waals surface area contributed by atoms with Crippen LogP contribution in [-0.4, -0.2) is 27.3 Å². The van der Waals surface area contributed by atoms with Crippen LogP contribution in [0.4, 0.5) is 5.69 Å². The number of hydrogen-bond acceptors (Lipinski definition) is 8. The number of nitriles is 3. The number of methoxy groups -OCH3 is 2. The van der Waals surface area contributed by atoms with Crippen molar-refractivity contribution < 1.29 is 14.2 Å². The molecule has 1 atom stereocenters. The molecular formula is C39H40N4O3S. The minimum absolute atomic E-state index is 0.00562. The molecule has 3 aromatic rings. The van der Waals surface area contributed by atoms with Crippen molar-refractivity contribution in [3.05, 3.63) is 104 Å². The van der Waals surface area contributed by atoms with Crippen LogP contribution in [0.25, 0.3) is 18.2 Å². The number of unbranched alkanes of at least 4 members (excludes halogenated alkanes) is 2. The van der Waals surface area contributed by atoms with E-state index in [-0.39, 0.29) is 16.9 Å². The van der Waals surface area contributed by atoms with Crippen molar-refractivity contribution in [2.45, 2.75) is 52.1 Å². The van der Waals surface area contributed by atoms with Crippen molar-refractivity contribution in [3.63, 3.8) is 0 Å². The van der Waals surface area contributed by atoms with Gasteiger partial charge in [0.05, 0.1) is 19.8 Å². The van der Waals surface area contributed by atoms with Gasteiger partial charge in [0.25, 0.3) is 0 Å². The fourth-order valence-corrected chi connectivity index (χ4v) is 6.33. The minimum Gasteiger partial charge on any atom is -0.496 e. The van der Waals surface area contributed by atoms with Crippen LogP contribution in [0.1, 0.15) is 67.3 Å². The molecule has 240 valence electrons. The van der Waals surface area contributed by atoms with Crippen molar-refractivity contribution >= 4 is 35.3 Å². The molecule has 0 radical (unpaired) electrons. The minimum atomic E-state index is -1.06. The third-order valence-corrected chi connectivity index (χ3v) is 9.15. The number of hydrogen-bond donors (Lipinski definition) is 0. The average molecular weight is 645 g/mol. The summed E-state index contributed by atoms with van der Waals surface area (Å²) < 4.78 is 17.9. The molecule has 0 saturated carbocycles. The summed E-state index contributed by atoms with van der Waals surface area (Å²) in [5, 5.41) is 29.2. The van der Waals surface area contributed by atoms with E-state index in [0.29, 0.717) is 5.57 Å². The van der Waals surface area contributed by atoms with E-state index in [1.807, 2.05) is 85.8 Å². The fourth-order valence-electron chi connectivity index (χ4n) is 5.52. The molecule has 8 heteroatoms. The monoisotopic (exact) mass is 644 g/mol. The van der Waals surface area contributed by atoms with Crippen LogP contribution in [0.5, 0.6) is 11.5 Å². The van der Waals surface area contributed by atoms with Crippen molar-refractivity contribution in [1.82, 2.24) is 0 Å². The van der Waals surface area contributed by atoms with E-state index in [1.165, 1.54) is 0 Å². The van der Waals surface area contributed by atoms with Crippen molar-refractivity contribution in [2.75, 3.05) is 32.2 Å². The zero-order valence-corrected chi connectivity index (χ0v) is 28.5. The highest BCUT2D eigenvalue weighted by Crippen LogP contribution is 2.47. The second-order valence-electron chi connectivity index (χ2n) is 11.2. The van der Waals surface area contributed by atoms with Crippen LogP contribution >= 0.6 is 11.3 Å². The second-order valence-corrected chi connectivity index (χ2v) is 12.3. The van der Waals surface area contributed by atoms with E-state index in [0.717, 1.165) is 76.8 Å². The van der Waals surface area contributed by atoms with Crippen LogP contribution < -0.4 is 14.4 Å². The Bertz CT molecular complexity index is 1770. The molecule has 0 saturated heterocycles. The first-order chi connectivity index (χ1) is 22.9. The summed E-state index contributed by atoms with van der Waals surface area (Å²) in [7, 11) is 3.37. The molecule has 2 aromatic carbocycles. The van der Waals surface area contributed by atoms with E-state index in [2.05, 4.69) is 36.9 Å². The largest absolute Gasteiger partial charge is 0.496 e. The maximum absolute atomic E-state index is 10.1. The second kappa shape index (κ2) is 16.4. The molecule has 1 unspecified atom stereocenters. The molecule has 4 rings (SSSR count). The number of benzene rings is 2. The number of rotatable bonds is 14. The number of allylic oxidation sites excluding steroid dienone is 2. The van der Waals surface area contributed by atoms with Crippen LogP contribution in [0, 0.1) is 34.0 Å². The molecule has 0 bridgehead atoms. The Morgan fingerprint density at radius 3 is 1.94 bits per heavy atom. The third-order valence-electron chi connectivity index (χ3n) is 8.14. The normalized spacial score (nSPS) is 15.7. The molecule has 47 heavy (non-hydrogen) atoms. The zero-order chi connectivity index (χ0) is 33.8. The summed E-state index contributed by atoms with van der Waals surface area (Å²) in [5.41, 5.74) is 2.23. The molecular weight excluding hydrogens is 605 g/mol. The SMILES string of the molecule is CCCCN(CCCC)c1cc(OC)c(/C=C/c2ccc(/C=C/C3=C(C#N)C(=C(C#N)C#N)OC3(C)c3ccccc3)s2)c(OC)c1. The lowest BCUT2D eigenvalue weighted by Gasteiger charge is -2.27. The van der Waals surface area contributed by atoms with E-state index < -0.39 is 5.60 Å². The molecule has 2 heterocycles. The lowest BCUT2D eigenvalue weighted by molar-refractivity contribution is 0.0755. The number of anilines is 1. The van der Waals surface area contributed by atoms with Gasteiger partial charge in [0.1, 0.15) is 35.3 Å². The Morgan fingerprint density at radius 2 is 1.43 bits per heavy atom. The molecule has 0 aliphatic carbocycles. The molecule has 0 N–H and O–H groups in total. The maximum atomic E-state index is 10.1. The van der Waals surface area contributed by atoms with Crippen LogP contribution in [-0.2, 0) is 10.3 Å². The molecule has 0 amide bonds.